The number of likely N-dealkylation sites (tertiary alicyclic amines) is 1. The van der Waals surface area contributed by atoms with Crippen molar-refractivity contribution in [2.75, 3.05) is 31.1 Å². The molecule has 0 spiro atoms. The Labute approximate surface area is 109 Å². The van der Waals surface area contributed by atoms with Gasteiger partial charge in [-0.2, -0.15) is 0 Å². The van der Waals surface area contributed by atoms with E-state index in [0.29, 0.717) is 12.1 Å². The third-order valence-corrected chi connectivity index (χ3v) is 4.23. The monoisotopic (exact) mass is 246 g/mol. The summed E-state index contributed by atoms with van der Waals surface area (Å²) in [5.41, 5.74) is 5.97. The minimum atomic E-state index is 0.426. The van der Waals surface area contributed by atoms with Crippen molar-refractivity contribution in [3.8, 4) is 0 Å². The lowest BCUT2D eigenvalue weighted by atomic mass is 10.0. The number of rotatable bonds is 2. The summed E-state index contributed by atoms with van der Waals surface area (Å²) in [6.45, 7) is 4.58. The van der Waals surface area contributed by atoms with Crippen LogP contribution in [0.5, 0.6) is 0 Å². The number of aromatic nitrogens is 1. The molecule has 98 valence electrons. The molecular formula is C14H22N4. The Morgan fingerprint density at radius 1 is 1.11 bits per heavy atom. The Bertz CT molecular complexity index is 373. The largest absolute Gasteiger partial charge is 0.355 e. The highest BCUT2D eigenvalue weighted by Crippen LogP contribution is 2.23. The first-order valence-electron chi connectivity index (χ1n) is 6.98. The molecule has 0 bridgehead atoms. The fourth-order valence-electron chi connectivity index (χ4n) is 3.07. The van der Waals surface area contributed by atoms with Gasteiger partial charge in [-0.15, -0.1) is 0 Å². The van der Waals surface area contributed by atoms with E-state index in [1.807, 2.05) is 12.3 Å². The van der Waals surface area contributed by atoms with E-state index in [2.05, 4.69) is 26.9 Å². The second kappa shape index (κ2) is 5.24. The molecule has 2 aliphatic heterocycles. The van der Waals surface area contributed by atoms with Crippen molar-refractivity contribution < 1.29 is 0 Å². The molecule has 2 N–H and O–H groups in total. The highest BCUT2D eigenvalue weighted by molar-refractivity contribution is 5.39. The summed E-state index contributed by atoms with van der Waals surface area (Å²) < 4.78 is 0. The Kier molecular flexibility index (Phi) is 3.48. The smallest absolute Gasteiger partial charge is 0.128 e. The van der Waals surface area contributed by atoms with E-state index in [1.165, 1.54) is 19.5 Å². The highest BCUT2D eigenvalue weighted by atomic mass is 15.3. The van der Waals surface area contributed by atoms with Crippen LogP contribution >= 0.6 is 0 Å². The lowest BCUT2D eigenvalue weighted by molar-refractivity contribution is 0.163. The van der Waals surface area contributed by atoms with Crippen molar-refractivity contribution in [2.45, 2.75) is 31.3 Å². The molecule has 0 aromatic carbocycles. The molecule has 0 saturated carbocycles. The zero-order valence-corrected chi connectivity index (χ0v) is 10.8. The van der Waals surface area contributed by atoms with Crippen LogP contribution in [0.2, 0.25) is 0 Å². The number of nitrogens with two attached hydrogens (primary N) is 1. The predicted molar refractivity (Wildman–Crippen MR) is 73.6 cm³/mol. The van der Waals surface area contributed by atoms with Gasteiger partial charge in [0.25, 0.3) is 0 Å². The normalized spacial score (nSPS) is 26.7. The van der Waals surface area contributed by atoms with Gasteiger partial charge in [-0.25, -0.2) is 4.98 Å². The number of anilines is 1. The van der Waals surface area contributed by atoms with E-state index in [0.717, 1.165) is 31.7 Å². The molecule has 4 heteroatoms. The van der Waals surface area contributed by atoms with Crippen molar-refractivity contribution in [1.82, 2.24) is 9.88 Å². The number of hydrogen-bond donors (Lipinski definition) is 1. The van der Waals surface area contributed by atoms with Crippen molar-refractivity contribution in [2.24, 2.45) is 5.73 Å². The van der Waals surface area contributed by atoms with Crippen molar-refractivity contribution in [1.29, 1.82) is 0 Å². The lowest BCUT2D eigenvalue weighted by Gasteiger charge is -2.34. The third-order valence-electron chi connectivity index (χ3n) is 4.23. The minimum Gasteiger partial charge on any atom is -0.355 e. The molecule has 18 heavy (non-hydrogen) atoms. The van der Waals surface area contributed by atoms with Crippen LogP contribution in [0, 0.1) is 0 Å². The van der Waals surface area contributed by atoms with E-state index in [4.69, 9.17) is 5.73 Å². The fourth-order valence-corrected chi connectivity index (χ4v) is 3.07. The van der Waals surface area contributed by atoms with Crippen LogP contribution in [0.25, 0.3) is 0 Å². The van der Waals surface area contributed by atoms with Gasteiger partial charge in [0.05, 0.1) is 0 Å². The molecule has 1 aromatic rings. The van der Waals surface area contributed by atoms with Crippen molar-refractivity contribution >= 4 is 5.82 Å². The summed E-state index contributed by atoms with van der Waals surface area (Å²) in [4.78, 5) is 9.46. The van der Waals surface area contributed by atoms with Gasteiger partial charge < -0.3 is 10.6 Å². The summed E-state index contributed by atoms with van der Waals surface area (Å²) in [7, 11) is 0. The van der Waals surface area contributed by atoms with E-state index in [1.54, 1.807) is 0 Å². The maximum atomic E-state index is 5.97. The first-order valence-corrected chi connectivity index (χ1v) is 6.98. The summed E-state index contributed by atoms with van der Waals surface area (Å²) in [6.07, 6.45) is 5.44. The summed E-state index contributed by atoms with van der Waals surface area (Å²) in [6, 6.07) is 7.27. The average Bonchev–Trinajstić information content (AvgIpc) is 2.90. The van der Waals surface area contributed by atoms with Gasteiger partial charge in [-0.05, 0) is 44.5 Å². The molecule has 2 fully saturated rings. The Morgan fingerprint density at radius 3 is 2.67 bits per heavy atom. The quantitative estimate of drug-likeness (QED) is 0.848. The van der Waals surface area contributed by atoms with Gasteiger partial charge in [0.15, 0.2) is 0 Å². The molecule has 2 aliphatic rings. The maximum Gasteiger partial charge on any atom is 0.128 e. The van der Waals surface area contributed by atoms with E-state index in [-0.39, 0.29) is 0 Å². The molecule has 0 radical (unpaired) electrons. The third kappa shape index (κ3) is 2.49. The molecule has 4 nitrogen and oxygen atoms in total. The van der Waals surface area contributed by atoms with Crippen LogP contribution < -0.4 is 10.6 Å². The minimum absolute atomic E-state index is 0.426. The van der Waals surface area contributed by atoms with Gasteiger partial charge >= 0.3 is 0 Å². The molecule has 1 aromatic heterocycles. The van der Waals surface area contributed by atoms with Crippen molar-refractivity contribution in [3.05, 3.63) is 24.4 Å². The molecule has 0 amide bonds. The van der Waals surface area contributed by atoms with E-state index >= 15 is 0 Å². The van der Waals surface area contributed by atoms with Gasteiger partial charge in [0.2, 0.25) is 0 Å². The van der Waals surface area contributed by atoms with Crippen LogP contribution in [0.15, 0.2) is 24.4 Å². The number of hydrogen-bond acceptors (Lipinski definition) is 4. The van der Waals surface area contributed by atoms with Gasteiger partial charge in [-0.1, -0.05) is 6.07 Å². The van der Waals surface area contributed by atoms with E-state index in [9.17, 15) is 0 Å². The van der Waals surface area contributed by atoms with Crippen LogP contribution in [0.3, 0.4) is 0 Å². The second-order valence-electron chi connectivity index (χ2n) is 5.45. The Hall–Kier alpha value is -1.13. The number of pyridine rings is 1. The Morgan fingerprint density at radius 2 is 1.94 bits per heavy atom. The van der Waals surface area contributed by atoms with Crippen LogP contribution in [0.4, 0.5) is 5.82 Å². The molecule has 1 unspecified atom stereocenters. The topological polar surface area (TPSA) is 45.4 Å². The standard InChI is InChI=1S/C14H22N4/c15-12-4-8-17(9-5-12)13-6-10-18(11-13)14-3-1-2-7-16-14/h1-3,7,12-13H,4-6,8-11,15H2. The molecule has 0 aliphatic carbocycles. The highest BCUT2D eigenvalue weighted by Gasteiger charge is 2.30. The predicted octanol–water partition coefficient (Wildman–Crippen LogP) is 1.08. The van der Waals surface area contributed by atoms with Crippen LogP contribution in [-0.2, 0) is 0 Å². The first kappa shape index (κ1) is 11.9. The number of piperidine rings is 1. The van der Waals surface area contributed by atoms with Gasteiger partial charge in [0, 0.05) is 31.4 Å². The van der Waals surface area contributed by atoms with Crippen LogP contribution in [-0.4, -0.2) is 48.1 Å². The zero-order valence-electron chi connectivity index (χ0n) is 10.8. The summed E-state index contributed by atoms with van der Waals surface area (Å²) in [5.74, 6) is 1.12. The number of nitrogens with zero attached hydrogens (tertiary/aromatic N) is 3. The van der Waals surface area contributed by atoms with Gasteiger partial charge in [-0.3, -0.25) is 4.90 Å². The maximum absolute atomic E-state index is 5.97. The van der Waals surface area contributed by atoms with E-state index < -0.39 is 0 Å². The molecule has 3 heterocycles. The summed E-state index contributed by atoms with van der Waals surface area (Å²) >= 11 is 0. The Balaban J connectivity index is 1.58. The lowest BCUT2D eigenvalue weighted by Crippen LogP contribution is -2.46. The van der Waals surface area contributed by atoms with Crippen LogP contribution in [0.1, 0.15) is 19.3 Å². The zero-order chi connectivity index (χ0) is 12.4. The second-order valence-corrected chi connectivity index (χ2v) is 5.45. The SMILES string of the molecule is NC1CCN(C2CCN(c3ccccn3)C2)CC1. The average molecular weight is 246 g/mol. The molecular weight excluding hydrogens is 224 g/mol. The molecule has 1 atom stereocenters. The molecule has 3 rings (SSSR count). The first-order chi connectivity index (χ1) is 8.83. The summed E-state index contributed by atoms with van der Waals surface area (Å²) in [5, 5.41) is 0. The molecule has 2 saturated heterocycles. The van der Waals surface area contributed by atoms with Gasteiger partial charge in [0.1, 0.15) is 5.82 Å². The fraction of sp³-hybridized carbons (Fsp3) is 0.643. The van der Waals surface area contributed by atoms with Crippen molar-refractivity contribution in [3.63, 3.8) is 0 Å².